The molecule has 1 heterocycles. The highest BCUT2D eigenvalue weighted by atomic mass is 19.1. The highest BCUT2D eigenvalue weighted by molar-refractivity contribution is 5.55. The standard InChI is InChI=1S/C13H16FN3O/c1-8-5-4-6-10(12(8)14)13-16-11(17-18-13)7-9(2)15-3/h4-6,9,15H,7H2,1-3H3. The first-order chi connectivity index (χ1) is 8.61. The smallest absolute Gasteiger partial charge is 0.260 e. The third kappa shape index (κ3) is 2.56. The van der Waals surface area contributed by atoms with E-state index < -0.39 is 0 Å². The van der Waals surface area contributed by atoms with Crippen molar-refractivity contribution < 1.29 is 8.91 Å². The number of hydrogen-bond donors (Lipinski definition) is 1. The van der Waals surface area contributed by atoms with Crippen LogP contribution >= 0.6 is 0 Å². The van der Waals surface area contributed by atoms with Crippen molar-refractivity contribution in [3.8, 4) is 11.5 Å². The molecule has 2 rings (SSSR count). The van der Waals surface area contributed by atoms with Crippen LogP contribution < -0.4 is 5.32 Å². The average Bonchev–Trinajstić information content (AvgIpc) is 2.80. The molecule has 4 nitrogen and oxygen atoms in total. The van der Waals surface area contributed by atoms with Crippen molar-refractivity contribution in [1.29, 1.82) is 0 Å². The number of aromatic nitrogens is 2. The Morgan fingerprint density at radius 2 is 2.22 bits per heavy atom. The molecule has 0 radical (unpaired) electrons. The van der Waals surface area contributed by atoms with Crippen LogP contribution in [-0.4, -0.2) is 23.2 Å². The van der Waals surface area contributed by atoms with Crippen molar-refractivity contribution in [2.45, 2.75) is 26.3 Å². The summed E-state index contributed by atoms with van der Waals surface area (Å²) in [7, 11) is 1.87. The monoisotopic (exact) mass is 249 g/mol. The van der Waals surface area contributed by atoms with E-state index in [9.17, 15) is 4.39 Å². The first kappa shape index (κ1) is 12.7. The number of nitrogens with one attached hydrogen (secondary N) is 1. The summed E-state index contributed by atoms with van der Waals surface area (Å²) in [6.45, 7) is 3.72. The summed E-state index contributed by atoms with van der Waals surface area (Å²) in [5.74, 6) is 0.497. The molecule has 0 amide bonds. The topological polar surface area (TPSA) is 51.0 Å². The molecule has 1 aromatic carbocycles. The van der Waals surface area contributed by atoms with Gasteiger partial charge in [0.2, 0.25) is 0 Å². The number of halogens is 1. The van der Waals surface area contributed by atoms with Crippen LogP contribution in [0.25, 0.3) is 11.5 Å². The van der Waals surface area contributed by atoms with E-state index in [2.05, 4.69) is 15.5 Å². The first-order valence-corrected chi connectivity index (χ1v) is 5.87. The Hall–Kier alpha value is -1.75. The van der Waals surface area contributed by atoms with Crippen molar-refractivity contribution in [2.24, 2.45) is 0 Å². The maximum atomic E-state index is 13.9. The van der Waals surface area contributed by atoms with Gasteiger partial charge in [-0.05, 0) is 32.5 Å². The molecule has 0 aliphatic rings. The molecule has 1 unspecified atom stereocenters. The molecule has 0 saturated heterocycles. The molecular weight excluding hydrogens is 233 g/mol. The van der Waals surface area contributed by atoms with E-state index in [1.165, 1.54) is 0 Å². The van der Waals surface area contributed by atoms with Gasteiger partial charge in [-0.15, -0.1) is 0 Å². The van der Waals surface area contributed by atoms with Crippen LogP contribution in [0, 0.1) is 12.7 Å². The Bertz CT molecular complexity index is 539. The van der Waals surface area contributed by atoms with E-state index in [1.807, 2.05) is 14.0 Å². The van der Waals surface area contributed by atoms with Crippen molar-refractivity contribution >= 4 is 0 Å². The Morgan fingerprint density at radius 1 is 1.44 bits per heavy atom. The molecule has 1 N–H and O–H groups in total. The van der Waals surface area contributed by atoms with E-state index >= 15 is 0 Å². The maximum absolute atomic E-state index is 13.9. The molecule has 1 atom stereocenters. The fourth-order valence-corrected chi connectivity index (χ4v) is 1.63. The van der Waals surface area contributed by atoms with E-state index in [0.29, 0.717) is 23.4 Å². The molecular formula is C13H16FN3O. The zero-order chi connectivity index (χ0) is 13.1. The predicted molar refractivity (Wildman–Crippen MR) is 66.7 cm³/mol. The van der Waals surface area contributed by atoms with Crippen LogP contribution in [0.4, 0.5) is 4.39 Å². The summed E-state index contributed by atoms with van der Waals surface area (Å²) in [4.78, 5) is 4.21. The van der Waals surface area contributed by atoms with Crippen molar-refractivity contribution in [3.63, 3.8) is 0 Å². The number of benzene rings is 1. The normalized spacial score (nSPS) is 12.7. The Kier molecular flexibility index (Phi) is 3.72. The van der Waals surface area contributed by atoms with Crippen LogP contribution in [0.15, 0.2) is 22.7 Å². The highest BCUT2D eigenvalue weighted by Crippen LogP contribution is 2.23. The van der Waals surface area contributed by atoms with Crippen molar-refractivity contribution in [2.75, 3.05) is 7.05 Å². The Morgan fingerprint density at radius 3 is 2.94 bits per heavy atom. The van der Waals surface area contributed by atoms with Gasteiger partial charge in [0.15, 0.2) is 5.82 Å². The molecule has 0 aliphatic heterocycles. The van der Waals surface area contributed by atoms with Gasteiger partial charge >= 0.3 is 0 Å². The average molecular weight is 249 g/mol. The van der Waals surface area contributed by atoms with Crippen LogP contribution in [0.1, 0.15) is 18.3 Å². The highest BCUT2D eigenvalue weighted by Gasteiger charge is 2.15. The summed E-state index contributed by atoms with van der Waals surface area (Å²) in [5, 5.41) is 6.95. The van der Waals surface area contributed by atoms with E-state index in [1.54, 1.807) is 25.1 Å². The van der Waals surface area contributed by atoms with Crippen LogP contribution in [0.2, 0.25) is 0 Å². The van der Waals surface area contributed by atoms with Gasteiger partial charge in [-0.1, -0.05) is 17.3 Å². The second kappa shape index (κ2) is 5.27. The second-order valence-electron chi connectivity index (χ2n) is 4.35. The minimum Gasteiger partial charge on any atom is -0.334 e. The molecule has 0 spiro atoms. The van der Waals surface area contributed by atoms with Crippen LogP contribution in [0.5, 0.6) is 0 Å². The van der Waals surface area contributed by atoms with Crippen LogP contribution in [0.3, 0.4) is 0 Å². The lowest BCUT2D eigenvalue weighted by Gasteiger charge is -2.04. The van der Waals surface area contributed by atoms with Crippen molar-refractivity contribution in [1.82, 2.24) is 15.5 Å². The number of rotatable bonds is 4. The minimum atomic E-state index is -0.311. The largest absolute Gasteiger partial charge is 0.334 e. The fourth-order valence-electron chi connectivity index (χ4n) is 1.63. The number of nitrogens with zero attached hydrogens (tertiary/aromatic N) is 2. The summed E-state index contributed by atoms with van der Waals surface area (Å²) in [6.07, 6.45) is 0.646. The number of likely N-dealkylation sites (N-methyl/N-ethyl adjacent to an activating group) is 1. The fraction of sp³-hybridized carbons (Fsp3) is 0.385. The molecule has 2 aromatic rings. The van der Waals surface area contributed by atoms with Gasteiger partial charge in [-0.3, -0.25) is 0 Å². The van der Waals surface area contributed by atoms with E-state index in [-0.39, 0.29) is 17.7 Å². The van der Waals surface area contributed by atoms with Crippen molar-refractivity contribution in [3.05, 3.63) is 35.4 Å². The molecule has 0 saturated carbocycles. The minimum absolute atomic E-state index is 0.231. The second-order valence-corrected chi connectivity index (χ2v) is 4.35. The third-order valence-electron chi connectivity index (χ3n) is 2.87. The summed E-state index contributed by atoms with van der Waals surface area (Å²) >= 11 is 0. The Balaban J connectivity index is 2.27. The van der Waals surface area contributed by atoms with Gasteiger partial charge in [0.1, 0.15) is 5.82 Å². The summed E-state index contributed by atoms with van der Waals surface area (Å²) in [6, 6.07) is 5.37. The lowest BCUT2D eigenvalue weighted by molar-refractivity contribution is 0.416. The summed E-state index contributed by atoms with van der Waals surface area (Å²) < 4.78 is 19.0. The number of hydrogen-bond acceptors (Lipinski definition) is 4. The quantitative estimate of drug-likeness (QED) is 0.903. The molecule has 5 heteroatoms. The molecule has 1 aromatic heterocycles. The number of aryl methyl sites for hydroxylation is 1. The molecule has 0 aliphatic carbocycles. The molecule has 0 bridgehead atoms. The lowest BCUT2D eigenvalue weighted by Crippen LogP contribution is -2.24. The van der Waals surface area contributed by atoms with Gasteiger partial charge in [0, 0.05) is 12.5 Å². The molecule has 18 heavy (non-hydrogen) atoms. The van der Waals surface area contributed by atoms with Gasteiger partial charge in [0.25, 0.3) is 5.89 Å². The first-order valence-electron chi connectivity index (χ1n) is 5.87. The van der Waals surface area contributed by atoms with E-state index in [4.69, 9.17) is 4.52 Å². The predicted octanol–water partition coefficient (Wildman–Crippen LogP) is 2.33. The Labute approximate surface area is 105 Å². The maximum Gasteiger partial charge on any atom is 0.260 e. The zero-order valence-corrected chi connectivity index (χ0v) is 10.7. The molecule has 0 fully saturated rings. The van der Waals surface area contributed by atoms with Gasteiger partial charge in [-0.25, -0.2) is 4.39 Å². The van der Waals surface area contributed by atoms with Gasteiger partial charge < -0.3 is 9.84 Å². The van der Waals surface area contributed by atoms with Gasteiger partial charge in [-0.2, -0.15) is 4.98 Å². The van der Waals surface area contributed by atoms with Crippen LogP contribution in [-0.2, 0) is 6.42 Å². The molecule has 96 valence electrons. The van der Waals surface area contributed by atoms with Gasteiger partial charge in [0.05, 0.1) is 5.56 Å². The zero-order valence-electron chi connectivity index (χ0n) is 10.7. The third-order valence-corrected chi connectivity index (χ3v) is 2.87. The summed E-state index contributed by atoms with van der Waals surface area (Å²) in [5.41, 5.74) is 0.918. The SMILES string of the molecule is CNC(C)Cc1noc(-c2cccc(C)c2F)n1. The lowest BCUT2D eigenvalue weighted by atomic mass is 10.1. The van der Waals surface area contributed by atoms with E-state index in [0.717, 1.165) is 0 Å².